The number of benzene rings is 2. The Kier molecular flexibility index (Phi) is 5.83. The van der Waals surface area contributed by atoms with E-state index in [0.29, 0.717) is 17.1 Å². The van der Waals surface area contributed by atoms with E-state index in [1.807, 2.05) is 4.57 Å². The Labute approximate surface area is 177 Å². The number of rotatable bonds is 5. The Hall–Kier alpha value is -3.88. The van der Waals surface area contributed by atoms with Gasteiger partial charge in [-0.1, -0.05) is 18.6 Å². The van der Waals surface area contributed by atoms with Crippen molar-refractivity contribution in [3.8, 4) is 11.4 Å². The van der Waals surface area contributed by atoms with Gasteiger partial charge in [0.1, 0.15) is 11.6 Å². The van der Waals surface area contributed by atoms with Crippen molar-refractivity contribution >= 4 is 23.4 Å². The summed E-state index contributed by atoms with van der Waals surface area (Å²) in [6.07, 6.45) is 6.48. The first-order chi connectivity index (χ1) is 15.0. The Balaban J connectivity index is 1.55. The highest BCUT2D eigenvalue weighted by Gasteiger charge is 2.19. The number of halogens is 1. The van der Waals surface area contributed by atoms with Crippen LogP contribution in [0.25, 0.3) is 17.5 Å². The van der Waals surface area contributed by atoms with E-state index >= 15 is 0 Å². The standard InChI is InChI=1S/C22H20FN5O3/c23-18-11-10-16(14-17(18)22-26-25-20-8-2-1-5-13-27(20)22)24-21(29)12-9-15-6-3-4-7-19(15)28(30)31/h3-4,6-7,9-12,14H,1-2,5,8,13H2,(H,24,29)/b12-9+. The third-order valence-corrected chi connectivity index (χ3v) is 5.13. The Morgan fingerprint density at radius 1 is 1.16 bits per heavy atom. The lowest BCUT2D eigenvalue weighted by Gasteiger charge is -2.10. The number of nitrogens with one attached hydrogen (secondary N) is 1. The van der Waals surface area contributed by atoms with Crippen molar-refractivity contribution in [3.05, 3.63) is 75.9 Å². The van der Waals surface area contributed by atoms with Crippen molar-refractivity contribution < 1.29 is 14.1 Å². The number of amides is 1. The van der Waals surface area contributed by atoms with E-state index in [9.17, 15) is 19.3 Å². The molecule has 2 heterocycles. The van der Waals surface area contributed by atoms with E-state index in [2.05, 4.69) is 15.5 Å². The number of hydrogen-bond donors (Lipinski definition) is 1. The Morgan fingerprint density at radius 2 is 2.00 bits per heavy atom. The number of fused-ring (bicyclic) bond motifs is 1. The van der Waals surface area contributed by atoms with Crippen LogP contribution >= 0.6 is 0 Å². The molecule has 1 aliphatic rings. The fraction of sp³-hybridized carbons (Fsp3) is 0.227. The summed E-state index contributed by atoms with van der Waals surface area (Å²) in [6, 6.07) is 10.4. The van der Waals surface area contributed by atoms with Crippen LogP contribution in [-0.4, -0.2) is 25.6 Å². The van der Waals surface area contributed by atoms with Gasteiger partial charge in [0, 0.05) is 30.8 Å². The van der Waals surface area contributed by atoms with E-state index in [4.69, 9.17) is 0 Å². The molecule has 2 aromatic carbocycles. The number of hydrogen-bond acceptors (Lipinski definition) is 5. The highest BCUT2D eigenvalue weighted by Crippen LogP contribution is 2.27. The zero-order valence-corrected chi connectivity index (χ0v) is 16.6. The number of anilines is 1. The van der Waals surface area contributed by atoms with Crippen molar-refractivity contribution in [2.45, 2.75) is 32.2 Å². The highest BCUT2D eigenvalue weighted by molar-refractivity contribution is 6.02. The molecule has 4 rings (SSSR count). The molecule has 1 amide bonds. The summed E-state index contributed by atoms with van der Waals surface area (Å²) in [5, 5.41) is 22.1. The number of carbonyl (C=O) groups is 1. The van der Waals surface area contributed by atoms with Crippen LogP contribution in [0.4, 0.5) is 15.8 Å². The van der Waals surface area contributed by atoms with Gasteiger partial charge in [-0.2, -0.15) is 0 Å². The van der Waals surface area contributed by atoms with Crippen LogP contribution in [0.1, 0.15) is 30.7 Å². The topological polar surface area (TPSA) is 103 Å². The number of nitrogens with zero attached hydrogens (tertiary/aromatic N) is 4. The molecule has 0 radical (unpaired) electrons. The summed E-state index contributed by atoms with van der Waals surface area (Å²) in [6.45, 7) is 0.728. The predicted octanol–water partition coefficient (Wildman–Crippen LogP) is 4.37. The third-order valence-electron chi connectivity index (χ3n) is 5.13. The zero-order chi connectivity index (χ0) is 21.8. The summed E-state index contributed by atoms with van der Waals surface area (Å²) < 4.78 is 16.5. The number of nitro benzene ring substituents is 1. The monoisotopic (exact) mass is 421 g/mol. The van der Waals surface area contributed by atoms with Crippen LogP contribution in [0.2, 0.25) is 0 Å². The molecule has 1 aliphatic heterocycles. The second-order valence-corrected chi connectivity index (χ2v) is 7.24. The van der Waals surface area contributed by atoms with E-state index in [1.54, 1.807) is 18.2 Å². The average Bonchev–Trinajstić information content (AvgIpc) is 3.01. The molecule has 3 aromatic rings. The van der Waals surface area contributed by atoms with Crippen LogP contribution in [0.5, 0.6) is 0 Å². The smallest absolute Gasteiger partial charge is 0.276 e. The maximum Gasteiger partial charge on any atom is 0.276 e. The van der Waals surface area contributed by atoms with Crippen molar-refractivity contribution in [3.63, 3.8) is 0 Å². The van der Waals surface area contributed by atoms with Crippen molar-refractivity contribution in [1.82, 2.24) is 14.8 Å². The second-order valence-electron chi connectivity index (χ2n) is 7.24. The molecule has 8 nitrogen and oxygen atoms in total. The molecule has 1 N–H and O–H groups in total. The highest BCUT2D eigenvalue weighted by atomic mass is 19.1. The fourth-order valence-electron chi connectivity index (χ4n) is 3.60. The van der Waals surface area contributed by atoms with Crippen LogP contribution in [-0.2, 0) is 17.8 Å². The van der Waals surface area contributed by atoms with Gasteiger partial charge in [-0.05, 0) is 43.2 Å². The molecule has 158 valence electrons. The molecule has 0 atom stereocenters. The van der Waals surface area contributed by atoms with E-state index < -0.39 is 16.6 Å². The molecule has 0 fully saturated rings. The first kappa shape index (κ1) is 20.4. The van der Waals surface area contributed by atoms with Crippen LogP contribution < -0.4 is 5.32 Å². The SMILES string of the molecule is O=C(/C=C/c1ccccc1[N+](=O)[O-])Nc1ccc(F)c(-c2nnc3n2CCCCC3)c1. The van der Waals surface area contributed by atoms with Gasteiger partial charge in [-0.3, -0.25) is 14.9 Å². The van der Waals surface area contributed by atoms with Crippen molar-refractivity contribution in [2.24, 2.45) is 0 Å². The molecule has 0 aliphatic carbocycles. The third kappa shape index (κ3) is 4.50. The normalized spacial score (nSPS) is 13.6. The predicted molar refractivity (Wildman–Crippen MR) is 114 cm³/mol. The largest absolute Gasteiger partial charge is 0.322 e. The minimum absolute atomic E-state index is 0.0943. The van der Waals surface area contributed by atoms with Crippen LogP contribution in [0.15, 0.2) is 48.5 Å². The average molecular weight is 421 g/mol. The van der Waals surface area contributed by atoms with Gasteiger partial charge in [0.15, 0.2) is 5.82 Å². The lowest BCUT2D eigenvalue weighted by atomic mass is 10.1. The van der Waals surface area contributed by atoms with Gasteiger partial charge in [0.05, 0.1) is 16.1 Å². The lowest BCUT2D eigenvalue weighted by Crippen LogP contribution is -2.09. The number of carbonyl (C=O) groups excluding carboxylic acids is 1. The van der Waals surface area contributed by atoms with Gasteiger partial charge < -0.3 is 9.88 Å². The van der Waals surface area contributed by atoms with Crippen molar-refractivity contribution in [1.29, 1.82) is 0 Å². The molecule has 9 heteroatoms. The Bertz CT molecular complexity index is 1170. The molecular formula is C22H20FN5O3. The second kappa shape index (κ2) is 8.86. The van der Waals surface area contributed by atoms with Gasteiger partial charge in [-0.25, -0.2) is 4.39 Å². The molecule has 0 saturated heterocycles. The molecular weight excluding hydrogens is 401 g/mol. The Morgan fingerprint density at radius 3 is 2.84 bits per heavy atom. The number of aryl methyl sites for hydroxylation is 1. The summed E-state index contributed by atoms with van der Waals surface area (Å²) >= 11 is 0. The van der Waals surface area contributed by atoms with E-state index in [1.165, 1.54) is 36.4 Å². The van der Waals surface area contributed by atoms with Gasteiger partial charge >= 0.3 is 0 Å². The fourth-order valence-corrected chi connectivity index (χ4v) is 3.60. The summed E-state index contributed by atoms with van der Waals surface area (Å²) in [4.78, 5) is 22.9. The minimum Gasteiger partial charge on any atom is -0.322 e. The quantitative estimate of drug-likeness (QED) is 0.374. The zero-order valence-electron chi connectivity index (χ0n) is 16.6. The van der Waals surface area contributed by atoms with E-state index in [0.717, 1.165) is 38.1 Å². The van der Waals surface area contributed by atoms with Gasteiger partial charge in [-0.15, -0.1) is 10.2 Å². The molecule has 0 saturated carbocycles. The first-order valence-corrected chi connectivity index (χ1v) is 9.97. The number of para-hydroxylation sites is 1. The summed E-state index contributed by atoms with van der Waals surface area (Å²) in [7, 11) is 0. The van der Waals surface area contributed by atoms with Crippen molar-refractivity contribution in [2.75, 3.05) is 5.32 Å². The van der Waals surface area contributed by atoms with E-state index in [-0.39, 0.29) is 11.3 Å². The number of nitro groups is 1. The summed E-state index contributed by atoms with van der Waals surface area (Å²) in [5.41, 5.74) is 0.873. The molecule has 0 unspecified atom stereocenters. The lowest BCUT2D eigenvalue weighted by molar-refractivity contribution is -0.385. The minimum atomic E-state index is -0.509. The number of aromatic nitrogens is 3. The summed E-state index contributed by atoms with van der Waals surface area (Å²) in [5.74, 6) is 0.346. The molecule has 1 aromatic heterocycles. The van der Waals surface area contributed by atoms with Crippen LogP contribution in [0, 0.1) is 15.9 Å². The molecule has 0 spiro atoms. The maximum absolute atomic E-state index is 14.6. The maximum atomic E-state index is 14.6. The molecule has 31 heavy (non-hydrogen) atoms. The first-order valence-electron chi connectivity index (χ1n) is 9.97. The van der Waals surface area contributed by atoms with Crippen LogP contribution in [0.3, 0.4) is 0 Å². The molecule has 0 bridgehead atoms. The van der Waals surface area contributed by atoms with Gasteiger partial charge in [0.2, 0.25) is 5.91 Å². The van der Waals surface area contributed by atoms with Gasteiger partial charge in [0.25, 0.3) is 5.69 Å².